The third-order valence-electron chi connectivity index (χ3n) is 3.54. The number of methoxy groups -OCH3 is 1. The third-order valence-corrected chi connectivity index (χ3v) is 3.54. The lowest BCUT2D eigenvalue weighted by molar-refractivity contribution is 0.407. The van der Waals surface area contributed by atoms with Gasteiger partial charge in [-0.1, -0.05) is 24.3 Å². The molecule has 0 bridgehead atoms. The van der Waals surface area contributed by atoms with Crippen LogP contribution in [0.3, 0.4) is 0 Å². The van der Waals surface area contributed by atoms with Gasteiger partial charge in [0, 0.05) is 30.2 Å². The first-order valence-electron chi connectivity index (χ1n) is 7.52. The number of hydrazine groups is 1. The predicted octanol–water partition coefficient (Wildman–Crippen LogP) is 3.06. The van der Waals surface area contributed by atoms with Crippen LogP contribution in [-0.2, 0) is 13.1 Å². The van der Waals surface area contributed by atoms with Crippen LogP contribution in [-0.4, -0.2) is 16.9 Å². The number of benzene rings is 2. The van der Waals surface area contributed by atoms with Gasteiger partial charge in [-0.2, -0.15) is 5.10 Å². The summed E-state index contributed by atoms with van der Waals surface area (Å²) in [5.74, 6) is 0.875. The zero-order chi connectivity index (χ0) is 15.9. The van der Waals surface area contributed by atoms with Crippen LogP contribution in [0.2, 0.25) is 0 Å². The van der Waals surface area contributed by atoms with Crippen molar-refractivity contribution in [1.82, 2.24) is 15.2 Å². The predicted molar refractivity (Wildman–Crippen MR) is 91.2 cm³/mol. The molecule has 0 saturated carbocycles. The number of nitrogens with zero attached hydrogens (tertiary/aromatic N) is 2. The number of para-hydroxylation sites is 1. The summed E-state index contributed by atoms with van der Waals surface area (Å²) < 4.78 is 7.33. The quantitative estimate of drug-likeness (QED) is 0.659. The Bertz CT molecular complexity index is 726. The molecule has 5 nitrogen and oxygen atoms in total. The molecule has 0 fully saturated rings. The van der Waals surface area contributed by atoms with E-state index in [2.05, 4.69) is 28.1 Å². The Morgan fingerprint density at radius 1 is 1.09 bits per heavy atom. The molecule has 118 valence electrons. The molecule has 0 saturated heterocycles. The topological polar surface area (TPSA) is 51.1 Å². The van der Waals surface area contributed by atoms with Crippen molar-refractivity contribution in [3.63, 3.8) is 0 Å². The maximum atomic E-state index is 5.45. The molecule has 3 rings (SSSR count). The lowest BCUT2D eigenvalue weighted by Crippen LogP contribution is -2.20. The first kappa shape index (κ1) is 15.1. The molecule has 23 heavy (non-hydrogen) atoms. The van der Waals surface area contributed by atoms with Gasteiger partial charge in [0.1, 0.15) is 5.75 Å². The van der Waals surface area contributed by atoms with Crippen molar-refractivity contribution in [3.05, 3.63) is 78.1 Å². The van der Waals surface area contributed by atoms with Crippen LogP contribution < -0.4 is 15.6 Å². The molecule has 1 aromatic heterocycles. The highest BCUT2D eigenvalue weighted by atomic mass is 16.5. The maximum absolute atomic E-state index is 5.45. The normalized spacial score (nSPS) is 10.5. The minimum Gasteiger partial charge on any atom is -0.496 e. The van der Waals surface area contributed by atoms with Crippen molar-refractivity contribution in [1.29, 1.82) is 0 Å². The minimum atomic E-state index is 0.691. The van der Waals surface area contributed by atoms with Crippen LogP contribution in [0.1, 0.15) is 11.1 Å². The van der Waals surface area contributed by atoms with Crippen LogP contribution in [0.15, 0.2) is 67.0 Å². The number of anilines is 1. The Hall–Kier alpha value is -2.79. The maximum Gasteiger partial charge on any atom is 0.123 e. The van der Waals surface area contributed by atoms with Crippen LogP contribution in [0.25, 0.3) is 0 Å². The van der Waals surface area contributed by atoms with E-state index in [1.54, 1.807) is 13.3 Å². The first-order chi connectivity index (χ1) is 11.3. The summed E-state index contributed by atoms with van der Waals surface area (Å²) in [4.78, 5) is 0. The number of rotatable bonds is 7. The average Bonchev–Trinajstić information content (AvgIpc) is 3.09. The number of ether oxygens (including phenoxy) is 1. The molecule has 0 aliphatic carbocycles. The summed E-state index contributed by atoms with van der Waals surface area (Å²) in [6.45, 7) is 1.40. The Morgan fingerprint density at radius 2 is 1.96 bits per heavy atom. The lowest BCUT2D eigenvalue weighted by atomic mass is 10.1. The lowest BCUT2D eigenvalue weighted by Gasteiger charge is -2.12. The molecular weight excluding hydrogens is 288 g/mol. The molecule has 2 aromatic carbocycles. The van der Waals surface area contributed by atoms with Gasteiger partial charge in [-0.15, -0.1) is 0 Å². The van der Waals surface area contributed by atoms with Gasteiger partial charge in [0.2, 0.25) is 0 Å². The average molecular weight is 308 g/mol. The molecule has 3 aromatic rings. The fourth-order valence-electron chi connectivity index (χ4n) is 2.40. The minimum absolute atomic E-state index is 0.691. The second-order valence-electron chi connectivity index (χ2n) is 5.19. The second kappa shape index (κ2) is 7.47. The summed E-state index contributed by atoms with van der Waals surface area (Å²) in [7, 11) is 1.69. The molecule has 0 amide bonds. The summed E-state index contributed by atoms with van der Waals surface area (Å²) >= 11 is 0. The van der Waals surface area contributed by atoms with E-state index in [0.717, 1.165) is 17.0 Å². The smallest absolute Gasteiger partial charge is 0.123 e. The number of aromatic nitrogens is 2. The van der Waals surface area contributed by atoms with Crippen molar-refractivity contribution >= 4 is 5.69 Å². The summed E-state index contributed by atoms with van der Waals surface area (Å²) in [5.41, 5.74) is 9.74. The van der Waals surface area contributed by atoms with Crippen molar-refractivity contribution in [2.75, 3.05) is 12.5 Å². The van der Waals surface area contributed by atoms with Gasteiger partial charge in [-0.25, -0.2) is 5.43 Å². The number of hydrogen-bond acceptors (Lipinski definition) is 4. The standard InChI is InChI=1S/C18H20N4O/c1-23-18-9-8-15(12-16(18)14-22-11-5-10-20-22)13-19-21-17-6-3-2-4-7-17/h2-12,19,21H,13-14H2,1H3. The van der Waals surface area contributed by atoms with Gasteiger partial charge in [0.05, 0.1) is 13.7 Å². The highest BCUT2D eigenvalue weighted by molar-refractivity contribution is 5.42. The first-order valence-corrected chi connectivity index (χ1v) is 7.52. The summed E-state index contributed by atoms with van der Waals surface area (Å²) in [5, 5.41) is 4.25. The van der Waals surface area contributed by atoms with E-state index in [-0.39, 0.29) is 0 Å². The Balaban J connectivity index is 1.65. The molecular formula is C18H20N4O. The van der Waals surface area contributed by atoms with E-state index in [0.29, 0.717) is 13.1 Å². The zero-order valence-electron chi connectivity index (χ0n) is 13.1. The van der Waals surface area contributed by atoms with Crippen molar-refractivity contribution in [2.24, 2.45) is 0 Å². The van der Waals surface area contributed by atoms with Crippen LogP contribution in [0.4, 0.5) is 5.69 Å². The largest absolute Gasteiger partial charge is 0.496 e. The van der Waals surface area contributed by atoms with Crippen LogP contribution in [0.5, 0.6) is 5.75 Å². The van der Waals surface area contributed by atoms with Crippen molar-refractivity contribution in [3.8, 4) is 5.75 Å². The molecule has 0 radical (unpaired) electrons. The van der Waals surface area contributed by atoms with Crippen molar-refractivity contribution < 1.29 is 4.74 Å². The van der Waals surface area contributed by atoms with E-state index in [1.807, 2.05) is 53.3 Å². The fraction of sp³-hybridized carbons (Fsp3) is 0.167. The zero-order valence-corrected chi connectivity index (χ0v) is 13.1. The van der Waals surface area contributed by atoms with E-state index >= 15 is 0 Å². The Kier molecular flexibility index (Phi) is 4.91. The molecule has 0 spiro atoms. The molecule has 5 heteroatoms. The summed E-state index contributed by atoms with van der Waals surface area (Å²) in [6.07, 6.45) is 3.73. The number of nitrogens with one attached hydrogen (secondary N) is 2. The van der Waals surface area contributed by atoms with E-state index in [9.17, 15) is 0 Å². The third kappa shape index (κ3) is 4.11. The Morgan fingerprint density at radius 3 is 2.70 bits per heavy atom. The van der Waals surface area contributed by atoms with Crippen molar-refractivity contribution in [2.45, 2.75) is 13.1 Å². The fourth-order valence-corrected chi connectivity index (χ4v) is 2.40. The van der Waals surface area contributed by atoms with Gasteiger partial charge in [-0.05, 0) is 35.9 Å². The molecule has 0 atom stereocenters. The van der Waals surface area contributed by atoms with E-state index in [1.165, 1.54) is 5.56 Å². The number of hydrogen-bond donors (Lipinski definition) is 2. The van der Waals surface area contributed by atoms with Gasteiger partial charge in [-0.3, -0.25) is 4.68 Å². The van der Waals surface area contributed by atoms with Gasteiger partial charge in [0.25, 0.3) is 0 Å². The summed E-state index contributed by atoms with van der Waals surface area (Å²) in [6, 6.07) is 18.1. The van der Waals surface area contributed by atoms with Gasteiger partial charge >= 0.3 is 0 Å². The van der Waals surface area contributed by atoms with E-state index < -0.39 is 0 Å². The molecule has 0 aliphatic heterocycles. The van der Waals surface area contributed by atoms with Gasteiger partial charge in [0.15, 0.2) is 0 Å². The highest BCUT2D eigenvalue weighted by Crippen LogP contribution is 2.21. The molecule has 1 heterocycles. The Labute approximate surface area is 135 Å². The molecule has 0 unspecified atom stereocenters. The van der Waals surface area contributed by atoms with Crippen LogP contribution >= 0.6 is 0 Å². The second-order valence-corrected chi connectivity index (χ2v) is 5.19. The van der Waals surface area contributed by atoms with E-state index in [4.69, 9.17) is 4.74 Å². The highest BCUT2D eigenvalue weighted by Gasteiger charge is 2.06. The molecule has 2 N–H and O–H groups in total. The SMILES string of the molecule is COc1ccc(CNNc2ccccc2)cc1Cn1cccn1. The monoisotopic (exact) mass is 308 g/mol. The van der Waals surface area contributed by atoms with Gasteiger partial charge < -0.3 is 10.2 Å². The molecule has 0 aliphatic rings. The van der Waals surface area contributed by atoms with Crippen LogP contribution in [0, 0.1) is 0 Å².